The lowest BCUT2D eigenvalue weighted by Crippen LogP contribution is -1.97. The fourth-order valence-corrected chi connectivity index (χ4v) is 2.11. The summed E-state index contributed by atoms with van der Waals surface area (Å²) in [5.41, 5.74) is 6.10. The summed E-state index contributed by atoms with van der Waals surface area (Å²) < 4.78 is 5.57. The Balaban J connectivity index is 2.24. The van der Waals surface area contributed by atoms with Gasteiger partial charge in [-0.25, -0.2) is 4.98 Å². The predicted octanol–water partition coefficient (Wildman–Crippen LogP) is 3.64. The van der Waals surface area contributed by atoms with Crippen molar-refractivity contribution in [1.29, 1.82) is 0 Å². The lowest BCUT2D eigenvalue weighted by molar-refractivity contribution is -0.384. The first-order chi connectivity index (χ1) is 9.54. The summed E-state index contributed by atoms with van der Waals surface area (Å²) in [5.74, 6) is 0.463. The summed E-state index contributed by atoms with van der Waals surface area (Å²) in [4.78, 5) is 14.5. The number of hydrogen-bond acceptors (Lipinski definition) is 5. The number of fused-ring (bicyclic) bond motifs is 1. The van der Waals surface area contributed by atoms with Gasteiger partial charge in [-0.3, -0.25) is 10.1 Å². The van der Waals surface area contributed by atoms with E-state index in [1.807, 2.05) is 0 Å². The van der Waals surface area contributed by atoms with Crippen molar-refractivity contribution >= 4 is 34.1 Å². The van der Waals surface area contributed by atoms with E-state index in [0.717, 1.165) is 5.39 Å². The van der Waals surface area contributed by atoms with Crippen LogP contribution in [0.2, 0.25) is 5.02 Å². The molecule has 0 aliphatic carbocycles. The number of nitrogens with two attached hydrogens (primary N) is 1. The van der Waals surface area contributed by atoms with Crippen LogP contribution in [0.3, 0.4) is 0 Å². The normalized spacial score (nSPS) is 10.8. The van der Waals surface area contributed by atoms with E-state index in [4.69, 9.17) is 21.8 Å². The van der Waals surface area contributed by atoms with Crippen molar-refractivity contribution in [3.8, 4) is 11.5 Å². The minimum absolute atomic E-state index is 0.0994. The number of nitrogen functional groups attached to an aromatic ring is 1. The molecule has 100 valence electrons. The second-order valence-electron chi connectivity index (χ2n) is 4.15. The molecule has 0 bridgehead atoms. The fraction of sp³-hybridized carbons (Fsp3) is 0. The van der Waals surface area contributed by atoms with Gasteiger partial charge < -0.3 is 10.2 Å². The van der Waals surface area contributed by atoms with Gasteiger partial charge in [0.1, 0.15) is 11.4 Å². The number of aromatic nitrogens is 1. The van der Waals surface area contributed by atoms with Gasteiger partial charge in [0.05, 0.1) is 4.92 Å². The molecular weight excluding hydrogens is 282 g/mol. The van der Waals surface area contributed by atoms with Gasteiger partial charge in [0.25, 0.3) is 5.69 Å². The molecule has 0 saturated carbocycles. The Morgan fingerprint density at radius 1 is 1.25 bits per heavy atom. The maximum atomic E-state index is 11.0. The van der Waals surface area contributed by atoms with E-state index in [0.29, 0.717) is 10.6 Å². The Hall–Kier alpha value is -2.60. The van der Waals surface area contributed by atoms with Crippen molar-refractivity contribution in [1.82, 2.24) is 4.98 Å². The average Bonchev–Trinajstić information content (AvgIpc) is 2.81. The molecular formula is C13H8ClN3O3. The topological polar surface area (TPSA) is 95.2 Å². The van der Waals surface area contributed by atoms with Crippen LogP contribution in [0.1, 0.15) is 0 Å². The minimum atomic E-state index is -0.526. The molecule has 6 nitrogen and oxygen atoms in total. The summed E-state index contributed by atoms with van der Waals surface area (Å²) in [6.07, 6.45) is 0. The van der Waals surface area contributed by atoms with Gasteiger partial charge in [0.15, 0.2) is 11.5 Å². The van der Waals surface area contributed by atoms with Crippen LogP contribution in [-0.2, 0) is 0 Å². The SMILES string of the molecule is Nc1ccc([N+](=O)[O-])c(-c2cc3cc(Cl)ccc3o2)n1. The number of anilines is 1. The first-order valence-corrected chi connectivity index (χ1v) is 6.03. The Labute approximate surface area is 117 Å². The third kappa shape index (κ3) is 2.06. The van der Waals surface area contributed by atoms with Crippen LogP contribution in [0.4, 0.5) is 11.5 Å². The van der Waals surface area contributed by atoms with Crippen LogP contribution < -0.4 is 5.73 Å². The van der Waals surface area contributed by atoms with Crippen LogP contribution >= 0.6 is 11.6 Å². The average molecular weight is 290 g/mol. The van der Waals surface area contributed by atoms with Crippen LogP contribution in [0.15, 0.2) is 40.8 Å². The van der Waals surface area contributed by atoms with E-state index in [2.05, 4.69) is 4.98 Å². The summed E-state index contributed by atoms with van der Waals surface area (Å²) in [5, 5.41) is 12.3. The number of furan rings is 1. The molecule has 0 amide bonds. The van der Waals surface area contributed by atoms with Crippen molar-refractivity contribution in [3.05, 3.63) is 51.5 Å². The molecule has 0 aliphatic heterocycles. The monoisotopic (exact) mass is 289 g/mol. The maximum absolute atomic E-state index is 11.0. The van der Waals surface area contributed by atoms with Crippen molar-refractivity contribution < 1.29 is 9.34 Å². The van der Waals surface area contributed by atoms with E-state index in [1.54, 1.807) is 24.3 Å². The lowest BCUT2D eigenvalue weighted by Gasteiger charge is -1.99. The quantitative estimate of drug-likeness (QED) is 0.574. The molecule has 3 rings (SSSR count). The van der Waals surface area contributed by atoms with Gasteiger partial charge in [0, 0.05) is 16.5 Å². The van der Waals surface area contributed by atoms with Crippen LogP contribution in [0, 0.1) is 10.1 Å². The predicted molar refractivity (Wildman–Crippen MR) is 75.5 cm³/mol. The summed E-state index contributed by atoms with van der Waals surface area (Å²) in [6, 6.07) is 9.41. The number of halogens is 1. The third-order valence-corrected chi connectivity index (χ3v) is 3.04. The molecule has 1 aromatic carbocycles. The van der Waals surface area contributed by atoms with E-state index in [9.17, 15) is 10.1 Å². The minimum Gasteiger partial charge on any atom is -0.454 e. The highest BCUT2D eigenvalue weighted by Crippen LogP contribution is 2.33. The highest BCUT2D eigenvalue weighted by atomic mass is 35.5. The van der Waals surface area contributed by atoms with E-state index >= 15 is 0 Å². The van der Waals surface area contributed by atoms with Gasteiger partial charge in [-0.05, 0) is 30.3 Å². The van der Waals surface area contributed by atoms with Crippen LogP contribution in [0.25, 0.3) is 22.4 Å². The van der Waals surface area contributed by atoms with Gasteiger partial charge in [-0.1, -0.05) is 11.6 Å². The molecule has 0 saturated heterocycles. The molecule has 0 aliphatic rings. The highest BCUT2D eigenvalue weighted by molar-refractivity contribution is 6.31. The first-order valence-electron chi connectivity index (χ1n) is 5.65. The second kappa shape index (κ2) is 4.50. The number of benzene rings is 1. The molecule has 0 radical (unpaired) electrons. The maximum Gasteiger partial charge on any atom is 0.298 e. The van der Waals surface area contributed by atoms with Crippen LogP contribution in [-0.4, -0.2) is 9.91 Å². The first kappa shape index (κ1) is 12.4. The molecule has 2 N–H and O–H groups in total. The number of nitro groups is 1. The Morgan fingerprint density at radius 3 is 2.80 bits per heavy atom. The van der Waals surface area contributed by atoms with Crippen LogP contribution in [0.5, 0.6) is 0 Å². The van der Waals surface area contributed by atoms with E-state index < -0.39 is 4.92 Å². The van der Waals surface area contributed by atoms with E-state index in [1.165, 1.54) is 12.1 Å². The van der Waals surface area contributed by atoms with Gasteiger partial charge in [0.2, 0.25) is 0 Å². The zero-order valence-electron chi connectivity index (χ0n) is 10.0. The summed E-state index contributed by atoms with van der Waals surface area (Å²) >= 11 is 5.90. The van der Waals surface area contributed by atoms with Gasteiger partial charge >= 0.3 is 0 Å². The fourth-order valence-electron chi connectivity index (χ4n) is 1.93. The largest absolute Gasteiger partial charge is 0.454 e. The van der Waals surface area contributed by atoms with Gasteiger partial charge in [-0.2, -0.15) is 0 Å². The second-order valence-corrected chi connectivity index (χ2v) is 4.59. The zero-order chi connectivity index (χ0) is 14.3. The van der Waals surface area contributed by atoms with Gasteiger partial charge in [-0.15, -0.1) is 0 Å². The highest BCUT2D eigenvalue weighted by Gasteiger charge is 2.20. The van der Waals surface area contributed by atoms with Crippen molar-refractivity contribution in [2.24, 2.45) is 0 Å². The van der Waals surface area contributed by atoms with E-state index in [-0.39, 0.29) is 23.0 Å². The number of rotatable bonds is 2. The lowest BCUT2D eigenvalue weighted by atomic mass is 10.2. The Bertz CT molecular complexity index is 829. The third-order valence-electron chi connectivity index (χ3n) is 2.80. The Morgan fingerprint density at radius 2 is 2.05 bits per heavy atom. The summed E-state index contributed by atoms with van der Waals surface area (Å²) in [7, 11) is 0. The van der Waals surface area contributed by atoms with Crippen molar-refractivity contribution in [2.75, 3.05) is 5.73 Å². The molecule has 0 fully saturated rings. The number of nitrogens with zero attached hydrogens (tertiary/aromatic N) is 2. The molecule has 3 aromatic rings. The molecule has 2 heterocycles. The smallest absolute Gasteiger partial charge is 0.298 e. The molecule has 0 unspecified atom stereocenters. The zero-order valence-corrected chi connectivity index (χ0v) is 10.8. The van der Waals surface area contributed by atoms with Crippen molar-refractivity contribution in [3.63, 3.8) is 0 Å². The number of hydrogen-bond donors (Lipinski definition) is 1. The molecule has 0 spiro atoms. The number of pyridine rings is 1. The molecule has 2 aromatic heterocycles. The molecule has 20 heavy (non-hydrogen) atoms. The summed E-state index contributed by atoms with van der Waals surface area (Å²) in [6.45, 7) is 0. The van der Waals surface area contributed by atoms with Crippen molar-refractivity contribution in [2.45, 2.75) is 0 Å². The molecule has 7 heteroatoms. The molecule has 0 atom stereocenters. The standard InChI is InChI=1S/C13H8ClN3O3/c14-8-1-3-10-7(5-8)6-11(20-10)13-9(17(18)19)2-4-12(15)16-13/h1-6H,(H2,15,16). The Kier molecular flexibility index (Phi) is 2.80.